The lowest BCUT2D eigenvalue weighted by Gasteiger charge is -2.22. The van der Waals surface area contributed by atoms with Crippen LogP contribution >= 0.6 is 0 Å². The molecule has 0 saturated carbocycles. The minimum absolute atomic E-state index is 0. The number of carbonyl (C=O) groups is 1. The predicted molar refractivity (Wildman–Crippen MR) is 50.5 cm³/mol. The van der Waals surface area contributed by atoms with Crippen LogP contribution in [-0.2, 0) is 4.74 Å². The van der Waals surface area contributed by atoms with Crippen molar-refractivity contribution in [3.63, 3.8) is 0 Å². The van der Waals surface area contributed by atoms with E-state index >= 15 is 0 Å². The standard InChI is InChI=1S/C9H12N2O3.FH/c12-9(13)7-5-10-11(6-7)8-3-1-2-4-14-8;/h5-6,8H,1-4H2,(H,12,13);1H. The van der Waals surface area contributed by atoms with Gasteiger partial charge in [0.05, 0.1) is 11.8 Å². The van der Waals surface area contributed by atoms with Crippen LogP contribution in [0.4, 0.5) is 4.70 Å². The number of rotatable bonds is 2. The van der Waals surface area contributed by atoms with Crippen molar-refractivity contribution in [1.82, 2.24) is 9.78 Å². The van der Waals surface area contributed by atoms with Gasteiger partial charge in [-0.1, -0.05) is 0 Å². The SMILES string of the molecule is F.O=C(O)c1cnn(C2CCCCO2)c1. The van der Waals surface area contributed by atoms with Gasteiger partial charge in [0.2, 0.25) is 0 Å². The molecule has 1 fully saturated rings. The van der Waals surface area contributed by atoms with Gasteiger partial charge in [0.15, 0.2) is 0 Å². The Morgan fingerprint density at radius 2 is 2.40 bits per heavy atom. The summed E-state index contributed by atoms with van der Waals surface area (Å²) in [6.45, 7) is 0.729. The number of carboxylic acid groups (broad SMARTS) is 1. The summed E-state index contributed by atoms with van der Waals surface area (Å²) < 4.78 is 7.05. The lowest BCUT2D eigenvalue weighted by atomic mass is 10.2. The average molecular weight is 216 g/mol. The van der Waals surface area contributed by atoms with Crippen molar-refractivity contribution in [1.29, 1.82) is 0 Å². The lowest BCUT2D eigenvalue weighted by Crippen LogP contribution is -2.18. The van der Waals surface area contributed by atoms with Crippen LogP contribution in [0.15, 0.2) is 12.4 Å². The Balaban J connectivity index is 0.00000112. The van der Waals surface area contributed by atoms with Crippen molar-refractivity contribution < 1.29 is 19.3 Å². The summed E-state index contributed by atoms with van der Waals surface area (Å²) in [5, 5.41) is 12.7. The van der Waals surface area contributed by atoms with Gasteiger partial charge in [0.25, 0.3) is 0 Å². The molecule has 0 spiro atoms. The normalized spacial score (nSPS) is 20.7. The molecule has 15 heavy (non-hydrogen) atoms. The van der Waals surface area contributed by atoms with Gasteiger partial charge in [-0.05, 0) is 19.3 Å². The highest BCUT2D eigenvalue weighted by Gasteiger charge is 2.17. The smallest absolute Gasteiger partial charge is 0.338 e. The number of halogens is 1. The number of aromatic carboxylic acids is 1. The van der Waals surface area contributed by atoms with Crippen LogP contribution in [0.1, 0.15) is 35.8 Å². The molecular weight excluding hydrogens is 203 g/mol. The molecule has 5 nitrogen and oxygen atoms in total. The highest BCUT2D eigenvalue weighted by molar-refractivity contribution is 5.86. The van der Waals surface area contributed by atoms with Crippen molar-refractivity contribution >= 4 is 5.97 Å². The van der Waals surface area contributed by atoms with Gasteiger partial charge in [0.1, 0.15) is 6.23 Å². The van der Waals surface area contributed by atoms with E-state index in [2.05, 4.69) is 5.10 Å². The van der Waals surface area contributed by atoms with E-state index in [1.807, 2.05) is 0 Å². The largest absolute Gasteiger partial charge is 0.478 e. The number of hydrogen-bond donors (Lipinski definition) is 1. The minimum atomic E-state index is -0.952. The first kappa shape index (κ1) is 11.6. The van der Waals surface area contributed by atoms with Crippen molar-refractivity contribution in [3.8, 4) is 0 Å². The highest BCUT2D eigenvalue weighted by atomic mass is 19.0. The predicted octanol–water partition coefficient (Wildman–Crippen LogP) is 1.43. The molecule has 6 heteroatoms. The molecule has 0 aliphatic carbocycles. The molecule has 0 radical (unpaired) electrons. The lowest BCUT2D eigenvalue weighted by molar-refractivity contribution is -0.0395. The topological polar surface area (TPSA) is 64.3 Å². The summed E-state index contributed by atoms with van der Waals surface area (Å²) >= 11 is 0. The van der Waals surface area contributed by atoms with E-state index < -0.39 is 5.97 Å². The van der Waals surface area contributed by atoms with Gasteiger partial charge in [-0.25, -0.2) is 9.48 Å². The first-order chi connectivity index (χ1) is 6.77. The molecule has 1 N–H and O–H groups in total. The van der Waals surface area contributed by atoms with Crippen molar-refractivity contribution in [3.05, 3.63) is 18.0 Å². The highest BCUT2D eigenvalue weighted by Crippen LogP contribution is 2.21. The molecule has 1 unspecified atom stereocenters. The number of hydrogen-bond acceptors (Lipinski definition) is 3. The molecule has 1 aliphatic rings. The number of nitrogens with zero attached hydrogens (tertiary/aromatic N) is 2. The van der Waals surface area contributed by atoms with E-state index in [9.17, 15) is 4.79 Å². The van der Waals surface area contributed by atoms with Gasteiger partial charge < -0.3 is 9.84 Å². The quantitative estimate of drug-likeness (QED) is 0.812. The maximum atomic E-state index is 10.6. The molecule has 1 atom stereocenters. The molecule has 1 aromatic rings. The minimum Gasteiger partial charge on any atom is -0.478 e. The summed E-state index contributed by atoms with van der Waals surface area (Å²) in [4.78, 5) is 10.6. The summed E-state index contributed by atoms with van der Waals surface area (Å²) in [5.41, 5.74) is 0.208. The van der Waals surface area contributed by atoms with E-state index in [4.69, 9.17) is 9.84 Å². The summed E-state index contributed by atoms with van der Waals surface area (Å²) in [5.74, 6) is -0.952. The Bertz CT molecular complexity index is 334. The molecule has 2 heterocycles. The van der Waals surface area contributed by atoms with Crippen LogP contribution in [0.3, 0.4) is 0 Å². The number of carboxylic acids is 1. The fourth-order valence-corrected chi connectivity index (χ4v) is 1.54. The summed E-state index contributed by atoms with van der Waals surface area (Å²) in [6, 6.07) is 0. The van der Waals surface area contributed by atoms with E-state index in [1.165, 1.54) is 12.4 Å². The molecule has 1 aromatic heterocycles. The Morgan fingerprint density at radius 3 is 2.93 bits per heavy atom. The van der Waals surface area contributed by atoms with Gasteiger partial charge >= 0.3 is 5.97 Å². The second kappa shape index (κ2) is 4.88. The van der Waals surface area contributed by atoms with Crippen LogP contribution < -0.4 is 0 Å². The zero-order chi connectivity index (χ0) is 9.97. The average Bonchev–Trinajstić information content (AvgIpc) is 2.68. The van der Waals surface area contributed by atoms with Crippen LogP contribution in [0.5, 0.6) is 0 Å². The Labute approximate surface area is 86.0 Å². The second-order valence-corrected chi connectivity index (χ2v) is 3.34. The third kappa shape index (κ3) is 2.53. The van der Waals surface area contributed by atoms with Gasteiger partial charge in [-0.3, -0.25) is 4.70 Å². The van der Waals surface area contributed by atoms with Crippen molar-refractivity contribution in [2.45, 2.75) is 25.5 Å². The van der Waals surface area contributed by atoms with Crippen LogP contribution in [0.2, 0.25) is 0 Å². The molecule has 1 saturated heterocycles. The molecule has 0 bridgehead atoms. The first-order valence-corrected chi connectivity index (χ1v) is 4.66. The van der Waals surface area contributed by atoms with E-state index in [-0.39, 0.29) is 16.5 Å². The van der Waals surface area contributed by atoms with Gasteiger partial charge in [-0.15, -0.1) is 0 Å². The Kier molecular flexibility index (Phi) is 3.79. The summed E-state index contributed by atoms with van der Waals surface area (Å²) in [7, 11) is 0. The summed E-state index contributed by atoms with van der Waals surface area (Å²) in [6.07, 6.45) is 5.85. The van der Waals surface area contributed by atoms with Gasteiger partial charge in [-0.2, -0.15) is 5.10 Å². The number of aromatic nitrogens is 2. The Hall–Kier alpha value is -1.43. The maximum Gasteiger partial charge on any atom is 0.338 e. The molecular formula is C9H13FN2O3. The fourth-order valence-electron chi connectivity index (χ4n) is 1.54. The zero-order valence-corrected chi connectivity index (χ0v) is 8.13. The Morgan fingerprint density at radius 1 is 1.60 bits per heavy atom. The van der Waals surface area contributed by atoms with Crippen LogP contribution in [-0.4, -0.2) is 27.5 Å². The molecule has 0 amide bonds. The van der Waals surface area contributed by atoms with E-state index in [0.717, 1.165) is 25.9 Å². The van der Waals surface area contributed by atoms with E-state index in [0.29, 0.717) is 0 Å². The van der Waals surface area contributed by atoms with Crippen LogP contribution in [0.25, 0.3) is 0 Å². The molecule has 84 valence electrons. The maximum absolute atomic E-state index is 10.6. The number of ether oxygens (including phenoxy) is 1. The third-order valence-electron chi connectivity index (χ3n) is 2.30. The van der Waals surface area contributed by atoms with Crippen molar-refractivity contribution in [2.75, 3.05) is 6.61 Å². The molecule has 1 aliphatic heterocycles. The monoisotopic (exact) mass is 216 g/mol. The fraction of sp³-hybridized carbons (Fsp3) is 0.556. The third-order valence-corrected chi connectivity index (χ3v) is 2.30. The van der Waals surface area contributed by atoms with Crippen molar-refractivity contribution in [2.24, 2.45) is 0 Å². The van der Waals surface area contributed by atoms with Crippen LogP contribution in [0, 0.1) is 0 Å². The van der Waals surface area contributed by atoms with Gasteiger partial charge in [0, 0.05) is 12.8 Å². The second-order valence-electron chi connectivity index (χ2n) is 3.34. The molecule has 0 aromatic carbocycles. The molecule has 2 rings (SSSR count). The first-order valence-electron chi connectivity index (χ1n) is 4.66. The zero-order valence-electron chi connectivity index (χ0n) is 8.13. The van der Waals surface area contributed by atoms with E-state index in [1.54, 1.807) is 4.68 Å².